The largest absolute Gasteiger partial charge is 0.252 e. The number of hydrogen-bond donors (Lipinski definition) is 1. The van der Waals surface area contributed by atoms with Gasteiger partial charge in [0.2, 0.25) is 5.13 Å². The van der Waals surface area contributed by atoms with Gasteiger partial charge >= 0.3 is 0 Å². The van der Waals surface area contributed by atoms with Gasteiger partial charge in [-0.15, -0.1) is 23.7 Å². The van der Waals surface area contributed by atoms with E-state index < -0.39 is 0 Å². The Labute approximate surface area is 158 Å². The van der Waals surface area contributed by atoms with Crippen LogP contribution in [-0.4, -0.2) is 10.7 Å². The van der Waals surface area contributed by atoms with Gasteiger partial charge in [-0.1, -0.05) is 47.5 Å². The number of aromatic nitrogens is 1. The van der Waals surface area contributed by atoms with Gasteiger partial charge in [0.25, 0.3) is 0 Å². The molecule has 0 radical (unpaired) electrons. The van der Waals surface area contributed by atoms with Crippen molar-refractivity contribution in [3.63, 3.8) is 0 Å². The van der Waals surface area contributed by atoms with E-state index in [0.29, 0.717) is 0 Å². The summed E-state index contributed by atoms with van der Waals surface area (Å²) in [6, 6.07) is 15.0. The maximum absolute atomic E-state index is 4.64. The number of benzene rings is 2. The highest BCUT2D eigenvalue weighted by Crippen LogP contribution is 2.27. The molecule has 0 bridgehead atoms. The van der Waals surface area contributed by atoms with E-state index in [1.165, 1.54) is 22.3 Å². The smallest absolute Gasteiger partial charge is 0.203 e. The third-order valence-electron chi connectivity index (χ3n) is 4.35. The predicted octanol–water partition coefficient (Wildman–Crippen LogP) is 5.61. The quantitative estimate of drug-likeness (QED) is 0.609. The summed E-state index contributed by atoms with van der Waals surface area (Å²) in [4.78, 5) is 4.64. The number of hydrogen-bond acceptors (Lipinski definition) is 4. The molecule has 1 aliphatic carbocycles. The molecule has 1 N–H and O–H groups in total. The Kier molecular flexibility index (Phi) is 5.21. The third kappa shape index (κ3) is 3.75. The summed E-state index contributed by atoms with van der Waals surface area (Å²) in [7, 11) is 0. The number of thiazole rings is 1. The van der Waals surface area contributed by atoms with Gasteiger partial charge in [-0.25, -0.2) is 4.98 Å². The molecular formula is C20H20ClN3S. The lowest BCUT2D eigenvalue weighted by molar-refractivity contribution is 1.09. The van der Waals surface area contributed by atoms with Crippen LogP contribution in [0.4, 0.5) is 5.13 Å². The van der Waals surface area contributed by atoms with Crippen LogP contribution in [-0.2, 0) is 6.42 Å². The Balaban J connectivity index is 0.00000182. The summed E-state index contributed by atoms with van der Waals surface area (Å²) in [5, 5.41) is 7.51. The molecule has 1 aromatic heterocycles. The van der Waals surface area contributed by atoms with Crippen molar-refractivity contribution in [2.45, 2.75) is 26.7 Å². The van der Waals surface area contributed by atoms with Crippen LogP contribution in [0.25, 0.3) is 11.3 Å². The van der Waals surface area contributed by atoms with E-state index in [-0.39, 0.29) is 12.4 Å². The Morgan fingerprint density at radius 1 is 1.00 bits per heavy atom. The van der Waals surface area contributed by atoms with Gasteiger partial charge in [-0.05, 0) is 38.3 Å². The van der Waals surface area contributed by atoms with Crippen molar-refractivity contribution in [2.75, 3.05) is 5.43 Å². The number of rotatable bonds is 3. The second-order valence-corrected chi connectivity index (χ2v) is 7.09. The van der Waals surface area contributed by atoms with Crippen LogP contribution >= 0.6 is 23.7 Å². The molecule has 0 amide bonds. The lowest BCUT2D eigenvalue weighted by Crippen LogP contribution is -2.00. The molecule has 0 aliphatic heterocycles. The Morgan fingerprint density at radius 3 is 2.56 bits per heavy atom. The summed E-state index contributed by atoms with van der Waals surface area (Å²) in [6.07, 6.45) is 2.06. The van der Waals surface area contributed by atoms with Gasteiger partial charge in [0.1, 0.15) is 0 Å². The first-order valence-corrected chi connectivity index (χ1v) is 9.02. The van der Waals surface area contributed by atoms with Gasteiger partial charge < -0.3 is 0 Å². The zero-order valence-electron chi connectivity index (χ0n) is 14.2. The normalized spacial score (nSPS) is 14.2. The number of nitrogens with zero attached hydrogens (tertiary/aromatic N) is 2. The number of nitrogens with one attached hydrogen (secondary N) is 1. The van der Waals surface area contributed by atoms with Gasteiger partial charge in [0, 0.05) is 16.5 Å². The molecule has 0 fully saturated rings. The number of anilines is 1. The fourth-order valence-electron chi connectivity index (χ4n) is 2.98. The van der Waals surface area contributed by atoms with Gasteiger partial charge in [-0.3, -0.25) is 5.43 Å². The average Bonchev–Trinajstić information content (AvgIpc) is 3.20. The van der Waals surface area contributed by atoms with Gasteiger partial charge in [-0.2, -0.15) is 5.10 Å². The fraction of sp³-hybridized carbons (Fsp3) is 0.200. The van der Waals surface area contributed by atoms with Gasteiger partial charge in [0.15, 0.2) is 0 Å². The molecule has 1 heterocycles. The summed E-state index contributed by atoms with van der Waals surface area (Å²) in [6.45, 7) is 4.22. The lowest BCUT2D eigenvalue weighted by atomic mass is 10.1. The van der Waals surface area contributed by atoms with Crippen molar-refractivity contribution in [3.8, 4) is 11.3 Å². The van der Waals surface area contributed by atoms with Crippen molar-refractivity contribution in [1.29, 1.82) is 0 Å². The molecule has 2 aromatic carbocycles. The Hall–Kier alpha value is -2.17. The second-order valence-electron chi connectivity index (χ2n) is 6.23. The van der Waals surface area contributed by atoms with Crippen LogP contribution < -0.4 is 5.43 Å². The number of aryl methyl sites for hydroxylation is 3. The van der Waals surface area contributed by atoms with Crippen LogP contribution in [0.3, 0.4) is 0 Å². The number of hydrazone groups is 1. The molecule has 0 saturated carbocycles. The molecule has 3 aromatic rings. The van der Waals surface area contributed by atoms with E-state index in [0.717, 1.165) is 34.9 Å². The Morgan fingerprint density at radius 2 is 1.76 bits per heavy atom. The van der Waals surface area contributed by atoms with Gasteiger partial charge in [0.05, 0.1) is 11.4 Å². The third-order valence-corrected chi connectivity index (χ3v) is 5.09. The highest BCUT2D eigenvalue weighted by atomic mass is 35.5. The van der Waals surface area contributed by atoms with Crippen LogP contribution in [0.5, 0.6) is 0 Å². The molecular weight excluding hydrogens is 350 g/mol. The maximum Gasteiger partial charge on any atom is 0.203 e. The van der Waals surface area contributed by atoms with Crippen molar-refractivity contribution < 1.29 is 0 Å². The summed E-state index contributed by atoms with van der Waals surface area (Å²) in [5.74, 6) is 0. The first-order chi connectivity index (χ1) is 11.7. The van der Waals surface area contributed by atoms with Crippen LogP contribution in [0.1, 0.15) is 28.7 Å². The minimum absolute atomic E-state index is 0. The SMILES string of the molecule is Cc1ccc(-c2csc(N/N=C3\CCc4ccc(C)cc43)n2)cc1.Cl. The molecule has 0 atom stereocenters. The molecule has 3 nitrogen and oxygen atoms in total. The highest BCUT2D eigenvalue weighted by Gasteiger charge is 2.17. The lowest BCUT2D eigenvalue weighted by Gasteiger charge is -2.02. The van der Waals surface area contributed by atoms with Crippen molar-refractivity contribution in [3.05, 3.63) is 70.1 Å². The van der Waals surface area contributed by atoms with Crippen LogP contribution in [0.2, 0.25) is 0 Å². The van der Waals surface area contributed by atoms with E-state index in [1.807, 2.05) is 0 Å². The minimum atomic E-state index is 0. The fourth-order valence-corrected chi connectivity index (χ4v) is 3.64. The maximum atomic E-state index is 4.64. The second kappa shape index (κ2) is 7.38. The molecule has 25 heavy (non-hydrogen) atoms. The summed E-state index contributed by atoms with van der Waals surface area (Å²) >= 11 is 1.59. The first kappa shape index (κ1) is 17.6. The topological polar surface area (TPSA) is 37.3 Å². The van der Waals surface area contributed by atoms with E-state index in [4.69, 9.17) is 0 Å². The predicted molar refractivity (Wildman–Crippen MR) is 109 cm³/mol. The molecule has 1 aliphatic rings. The molecule has 128 valence electrons. The van der Waals surface area contributed by atoms with Crippen LogP contribution in [0, 0.1) is 13.8 Å². The molecule has 0 saturated heterocycles. The minimum Gasteiger partial charge on any atom is -0.252 e. The van der Waals surface area contributed by atoms with E-state index >= 15 is 0 Å². The number of fused-ring (bicyclic) bond motifs is 1. The van der Waals surface area contributed by atoms with E-state index in [2.05, 4.69) is 77.2 Å². The standard InChI is InChI=1S/C20H19N3S.ClH/c1-13-3-7-16(8-4-13)19-12-24-20(21-19)23-22-18-10-9-15-6-5-14(2)11-17(15)18;/h3-8,11-12H,9-10H2,1-2H3,(H,21,23);1H/b22-18+;. The molecule has 4 rings (SSSR count). The zero-order valence-corrected chi connectivity index (χ0v) is 15.9. The van der Waals surface area contributed by atoms with E-state index in [1.54, 1.807) is 11.3 Å². The average molecular weight is 370 g/mol. The first-order valence-electron chi connectivity index (χ1n) is 8.14. The summed E-state index contributed by atoms with van der Waals surface area (Å²) in [5.41, 5.74) is 11.6. The number of halogens is 1. The monoisotopic (exact) mass is 369 g/mol. The highest BCUT2D eigenvalue weighted by molar-refractivity contribution is 7.14. The van der Waals surface area contributed by atoms with Crippen LogP contribution in [0.15, 0.2) is 52.9 Å². The summed E-state index contributed by atoms with van der Waals surface area (Å²) < 4.78 is 0. The van der Waals surface area contributed by atoms with Crippen molar-refractivity contribution in [2.24, 2.45) is 5.10 Å². The molecule has 0 unspecified atom stereocenters. The molecule has 5 heteroatoms. The van der Waals surface area contributed by atoms with Crippen molar-refractivity contribution in [1.82, 2.24) is 4.98 Å². The Bertz CT molecular complexity index is 913. The van der Waals surface area contributed by atoms with Crippen molar-refractivity contribution >= 4 is 34.6 Å². The molecule has 0 spiro atoms. The van der Waals surface area contributed by atoms with E-state index in [9.17, 15) is 0 Å². The zero-order chi connectivity index (χ0) is 16.5.